The lowest BCUT2D eigenvalue weighted by atomic mass is 10.2. The number of pyridine rings is 1. The van der Waals surface area contributed by atoms with Crippen LogP contribution in [0.1, 0.15) is 33.3 Å². The molecule has 1 aliphatic rings. The lowest BCUT2D eigenvalue weighted by molar-refractivity contribution is 0.0611. The maximum atomic E-state index is 13.3. The molecule has 0 spiro atoms. The smallest absolute Gasteiger partial charge is 0.256 e. The van der Waals surface area contributed by atoms with E-state index >= 15 is 0 Å². The van der Waals surface area contributed by atoms with Crippen molar-refractivity contribution in [3.8, 4) is 11.4 Å². The van der Waals surface area contributed by atoms with Crippen LogP contribution in [0, 0.1) is 13.8 Å². The van der Waals surface area contributed by atoms with E-state index in [0.717, 1.165) is 40.7 Å². The van der Waals surface area contributed by atoms with Gasteiger partial charge in [0, 0.05) is 54.6 Å². The predicted octanol–water partition coefficient (Wildman–Crippen LogP) is 4.05. The predicted molar refractivity (Wildman–Crippen MR) is 129 cm³/mol. The fourth-order valence-corrected chi connectivity index (χ4v) is 5.59. The van der Waals surface area contributed by atoms with Crippen molar-refractivity contribution in [2.45, 2.75) is 31.2 Å². The molecule has 0 unspecified atom stereocenters. The van der Waals surface area contributed by atoms with Crippen molar-refractivity contribution >= 4 is 29.0 Å². The molecule has 0 bridgehead atoms. The highest BCUT2D eigenvalue weighted by Crippen LogP contribution is 2.28. The Labute approximate surface area is 205 Å². The van der Waals surface area contributed by atoms with E-state index in [1.54, 1.807) is 17.5 Å². The van der Waals surface area contributed by atoms with Crippen molar-refractivity contribution in [2.75, 3.05) is 26.2 Å². The average Bonchev–Trinajstić information content (AvgIpc) is 3.61. The summed E-state index contributed by atoms with van der Waals surface area (Å²) in [6.45, 7) is 7.14. The topological polar surface area (TPSA) is 101 Å². The van der Waals surface area contributed by atoms with Gasteiger partial charge in [-0.05, 0) is 37.4 Å². The number of aromatic nitrogens is 4. The number of carbonyl (C=O) groups excluding carboxylic acids is 1. The Balaban J connectivity index is 1.18. The second kappa shape index (κ2) is 10.1. The van der Waals surface area contributed by atoms with Crippen molar-refractivity contribution < 1.29 is 13.8 Å². The molecule has 9 nitrogen and oxygen atoms in total. The van der Waals surface area contributed by atoms with Gasteiger partial charge in [-0.25, -0.2) is 4.98 Å². The van der Waals surface area contributed by atoms with Gasteiger partial charge in [-0.2, -0.15) is 16.3 Å². The van der Waals surface area contributed by atoms with Crippen LogP contribution in [-0.2, 0) is 12.3 Å². The number of thioether (sulfide) groups is 1. The number of hydrogen-bond acceptors (Lipinski definition) is 10. The summed E-state index contributed by atoms with van der Waals surface area (Å²) in [6.07, 6.45) is 1.72. The maximum Gasteiger partial charge on any atom is 0.256 e. The number of thiophene rings is 1. The van der Waals surface area contributed by atoms with Gasteiger partial charge < -0.3 is 13.9 Å². The molecule has 0 atom stereocenters. The molecular formula is C23H24N6O3S2. The molecule has 34 heavy (non-hydrogen) atoms. The summed E-state index contributed by atoms with van der Waals surface area (Å²) >= 11 is 3.14. The minimum absolute atomic E-state index is 0.00606. The molecule has 176 valence electrons. The van der Waals surface area contributed by atoms with E-state index in [2.05, 4.69) is 25.2 Å². The van der Waals surface area contributed by atoms with E-state index in [1.807, 2.05) is 47.7 Å². The second-order valence-electron chi connectivity index (χ2n) is 8.04. The Bertz CT molecular complexity index is 1240. The lowest BCUT2D eigenvalue weighted by Crippen LogP contribution is -2.48. The Morgan fingerprint density at radius 3 is 2.74 bits per heavy atom. The van der Waals surface area contributed by atoms with Crippen LogP contribution >= 0.6 is 23.1 Å². The summed E-state index contributed by atoms with van der Waals surface area (Å²) in [7, 11) is 0. The van der Waals surface area contributed by atoms with E-state index in [4.69, 9.17) is 9.05 Å². The SMILES string of the molecule is Cc1noc(C)c1CSc1ncccc1C(=O)N1CCN(Cc2nc(-c3ccsc3)no2)CC1. The van der Waals surface area contributed by atoms with Crippen molar-refractivity contribution in [1.29, 1.82) is 0 Å². The van der Waals surface area contributed by atoms with Crippen LogP contribution in [0.15, 0.2) is 49.2 Å². The van der Waals surface area contributed by atoms with Crippen LogP contribution < -0.4 is 0 Å². The molecule has 0 radical (unpaired) electrons. The quantitative estimate of drug-likeness (QED) is 0.351. The minimum atomic E-state index is 0.00606. The summed E-state index contributed by atoms with van der Waals surface area (Å²) < 4.78 is 10.7. The first-order chi connectivity index (χ1) is 16.6. The summed E-state index contributed by atoms with van der Waals surface area (Å²) in [5.41, 5.74) is 3.51. The van der Waals surface area contributed by atoms with Gasteiger partial charge in [-0.3, -0.25) is 9.69 Å². The third-order valence-electron chi connectivity index (χ3n) is 5.80. The van der Waals surface area contributed by atoms with E-state index < -0.39 is 0 Å². The van der Waals surface area contributed by atoms with E-state index in [0.29, 0.717) is 42.7 Å². The standard InChI is InChI=1S/C23H24N6O3S2/c1-15-19(16(2)31-26-15)14-34-22-18(4-3-6-24-22)23(30)29-9-7-28(8-10-29)12-20-25-21(27-32-20)17-5-11-33-13-17/h3-6,11,13H,7-10,12,14H2,1-2H3. The zero-order valence-electron chi connectivity index (χ0n) is 18.9. The lowest BCUT2D eigenvalue weighted by Gasteiger charge is -2.34. The molecule has 1 fully saturated rings. The number of piperazine rings is 1. The molecule has 11 heteroatoms. The van der Waals surface area contributed by atoms with Gasteiger partial charge in [-0.15, -0.1) is 11.8 Å². The number of carbonyl (C=O) groups is 1. The zero-order valence-corrected chi connectivity index (χ0v) is 20.6. The number of rotatable bonds is 7. The van der Waals surface area contributed by atoms with E-state index in [1.165, 1.54) is 11.8 Å². The zero-order chi connectivity index (χ0) is 23.5. The monoisotopic (exact) mass is 496 g/mol. The van der Waals surface area contributed by atoms with Gasteiger partial charge in [-0.1, -0.05) is 10.3 Å². The molecular weight excluding hydrogens is 472 g/mol. The largest absolute Gasteiger partial charge is 0.361 e. The first kappa shape index (κ1) is 22.8. The number of amides is 1. The average molecular weight is 497 g/mol. The van der Waals surface area contributed by atoms with Crippen LogP contribution in [0.5, 0.6) is 0 Å². The molecule has 0 N–H and O–H groups in total. The van der Waals surface area contributed by atoms with E-state index in [9.17, 15) is 4.79 Å². The summed E-state index contributed by atoms with van der Waals surface area (Å²) in [5.74, 6) is 2.67. The fourth-order valence-electron chi connectivity index (χ4n) is 3.82. The Morgan fingerprint density at radius 2 is 2.00 bits per heavy atom. The van der Waals surface area contributed by atoms with Gasteiger partial charge in [0.25, 0.3) is 5.91 Å². The van der Waals surface area contributed by atoms with Crippen LogP contribution in [0.2, 0.25) is 0 Å². The minimum Gasteiger partial charge on any atom is -0.361 e. The molecule has 0 aliphatic carbocycles. The molecule has 1 aliphatic heterocycles. The number of nitrogens with zero attached hydrogens (tertiary/aromatic N) is 6. The van der Waals surface area contributed by atoms with Gasteiger partial charge in [0.05, 0.1) is 17.8 Å². The van der Waals surface area contributed by atoms with Gasteiger partial charge in [0.15, 0.2) is 0 Å². The van der Waals surface area contributed by atoms with Crippen molar-refractivity contribution in [2.24, 2.45) is 0 Å². The van der Waals surface area contributed by atoms with Crippen molar-refractivity contribution in [3.05, 3.63) is 63.6 Å². The number of aryl methyl sites for hydroxylation is 2. The Morgan fingerprint density at radius 1 is 1.15 bits per heavy atom. The molecule has 4 aromatic heterocycles. The fraction of sp³-hybridized carbons (Fsp3) is 0.348. The van der Waals surface area contributed by atoms with Gasteiger partial charge in [0.2, 0.25) is 11.7 Å². The van der Waals surface area contributed by atoms with E-state index in [-0.39, 0.29) is 5.91 Å². The Hall–Kier alpha value is -3.02. The highest BCUT2D eigenvalue weighted by molar-refractivity contribution is 7.98. The molecule has 5 rings (SSSR count). The molecule has 1 saturated heterocycles. The third kappa shape index (κ3) is 4.91. The molecule has 1 amide bonds. The molecule has 0 saturated carbocycles. The molecule has 0 aromatic carbocycles. The Kier molecular flexibility index (Phi) is 6.75. The highest BCUT2D eigenvalue weighted by Gasteiger charge is 2.25. The normalized spacial score (nSPS) is 14.6. The van der Waals surface area contributed by atoms with Crippen molar-refractivity contribution in [3.63, 3.8) is 0 Å². The maximum absolute atomic E-state index is 13.3. The third-order valence-corrected chi connectivity index (χ3v) is 7.52. The van der Waals surface area contributed by atoms with Crippen LogP contribution in [-0.4, -0.2) is 62.2 Å². The van der Waals surface area contributed by atoms with Crippen LogP contribution in [0.3, 0.4) is 0 Å². The summed E-state index contributed by atoms with van der Waals surface area (Å²) in [4.78, 5) is 26.4. The molecule has 5 heterocycles. The molecule has 4 aromatic rings. The highest BCUT2D eigenvalue weighted by atomic mass is 32.2. The first-order valence-electron chi connectivity index (χ1n) is 10.9. The first-order valence-corrected chi connectivity index (χ1v) is 12.9. The second-order valence-corrected chi connectivity index (χ2v) is 9.78. The summed E-state index contributed by atoms with van der Waals surface area (Å²) in [6, 6.07) is 5.63. The van der Waals surface area contributed by atoms with Gasteiger partial charge in [0.1, 0.15) is 10.8 Å². The van der Waals surface area contributed by atoms with Gasteiger partial charge >= 0.3 is 0 Å². The van der Waals surface area contributed by atoms with Crippen LogP contribution in [0.25, 0.3) is 11.4 Å². The summed E-state index contributed by atoms with van der Waals surface area (Å²) in [5, 5.41) is 12.8. The van der Waals surface area contributed by atoms with Crippen LogP contribution in [0.4, 0.5) is 0 Å². The van der Waals surface area contributed by atoms with Crippen molar-refractivity contribution in [1.82, 2.24) is 30.1 Å². The number of hydrogen-bond donors (Lipinski definition) is 0.